The van der Waals surface area contributed by atoms with E-state index in [0.717, 1.165) is 11.3 Å². The Morgan fingerprint density at radius 1 is 0.816 bits per heavy atom. The third-order valence-electron chi connectivity index (χ3n) is 5.93. The highest BCUT2D eigenvalue weighted by Gasteiger charge is 2.29. The third kappa shape index (κ3) is 7.42. The zero-order valence-electron chi connectivity index (χ0n) is 21.8. The number of ketones is 1. The van der Waals surface area contributed by atoms with E-state index < -0.39 is 17.4 Å². The van der Waals surface area contributed by atoms with E-state index in [1.165, 1.54) is 6.07 Å². The molecule has 198 valence electrons. The number of carbonyl (C=O) groups excluding carboxylic acids is 3. The Kier molecular flexibility index (Phi) is 8.85. The highest BCUT2D eigenvalue weighted by atomic mass is 16.4. The van der Waals surface area contributed by atoms with E-state index in [-0.39, 0.29) is 24.8 Å². The van der Waals surface area contributed by atoms with Crippen LogP contribution in [0.5, 0.6) is 0 Å². The molecular weight excluding hydrogens is 484 g/mol. The molecule has 0 fully saturated rings. The monoisotopic (exact) mass is 516 g/mol. The Hall–Kier alpha value is -4.66. The van der Waals surface area contributed by atoms with Crippen molar-refractivity contribution in [1.82, 2.24) is 5.32 Å². The van der Waals surface area contributed by atoms with Gasteiger partial charge in [0.05, 0.1) is 12.0 Å². The second-order valence-corrected chi connectivity index (χ2v) is 9.48. The van der Waals surface area contributed by atoms with Crippen molar-refractivity contribution in [1.29, 1.82) is 0 Å². The van der Waals surface area contributed by atoms with E-state index >= 15 is 0 Å². The van der Waals surface area contributed by atoms with Gasteiger partial charge >= 0.3 is 12.0 Å². The summed E-state index contributed by atoms with van der Waals surface area (Å²) in [6.45, 7) is 7.14. The largest absolute Gasteiger partial charge is 0.481 e. The van der Waals surface area contributed by atoms with Crippen LogP contribution in [0.15, 0.2) is 66.7 Å². The van der Waals surface area contributed by atoms with Gasteiger partial charge in [0.15, 0.2) is 5.78 Å². The first kappa shape index (κ1) is 27.9. The number of carboxylic acids is 1. The number of nitrogens with one attached hydrogen (secondary N) is 4. The normalized spacial score (nSPS) is 10.8. The molecule has 0 saturated carbocycles. The van der Waals surface area contributed by atoms with Crippen LogP contribution in [-0.2, 0) is 4.79 Å². The Morgan fingerprint density at radius 2 is 1.47 bits per heavy atom. The quantitative estimate of drug-likeness (QED) is 0.234. The average molecular weight is 517 g/mol. The van der Waals surface area contributed by atoms with Gasteiger partial charge in [0.1, 0.15) is 0 Å². The van der Waals surface area contributed by atoms with Crippen molar-refractivity contribution in [3.63, 3.8) is 0 Å². The zero-order valence-corrected chi connectivity index (χ0v) is 21.8. The van der Waals surface area contributed by atoms with E-state index in [0.29, 0.717) is 28.1 Å². The summed E-state index contributed by atoms with van der Waals surface area (Å²) >= 11 is 0. The first-order chi connectivity index (χ1) is 18.0. The first-order valence-electron chi connectivity index (χ1n) is 12.1. The van der Waals surface area contributed by atoms with Crippen molar-refractivity contribution >= 4 is 40.8 Å². The van der Waals surface area contributed by atoms with Gasteiger partial charge in [-0.2, -0.15) is 0 Å². The molecule has 5 N–H and O–H groups in total. The van der Waals surface area contributed by atoms with Crippen molar-refractivity contribution in [3.05, 3.63) is 89.0 Å². The number of hydrogen-bond donors (Lipinski definition) is 5. The van der Waals surface area contributed by atoms with Gasteiger partial charge in [-0.05, 0) is 75.2 Å². The lowest BCUT2D eigenvalue weighted by molar-refractivity contribution is -0.136. The number of aliphatic carboxylic acids is 1. The number of benzene rings is 3. The molecule has 9 heteroatoms. The molecule has 3 rings (SSSR count). The molecule has 0 unspecified atom stereocenters. The second-order valence-electron chi connectivity index (χ2n) is 9.48. The highest BCUT2D eigenvalue weighted by Crippen LogP contribution is 2.23. The van der Waals surface area contributed by atoms with Crippen molar-refractivity contribution < 1.29 is 24.3 Å². The molecule has 3 aromatic carbocycles. The van der Waals surface area contributed by atoms with Crippen LogP contribution in [0.3, 0.4) is 0 Å². The minimum Gasteiger partial charge on any atom is -0.481 e. The molecule has 0 aliphatic heterocycles. The van der Waals surface area contributed by atoms with Gasteiger partial charge in [0.2, 0.25) is 0 Å². The number of aryl methyl sites for hydroxylation is 2. The Morgan fingerprint density at radius 3 is 2.13 bits per heavy atom. The SMILES string of the molecule is Cc1ccccc1NC(=O)Nc1ccc(NC(C)(C)C(=O)c2ccc(C)c(C(=O)NCCC(=O)O)c2)cc1. The maximum absolute atomic E-state index is 13.3. The van der Waals surface area contributed by atoms with E-state index in [9.17, 15) is 19.2 Å². The topological polar surface area (TPSA) is 137 Å². The second kappa shape index (κ2) is 12.1. The van der Waals surface area contributed by atoms with Gasteiger partial charge in [-0.1, -0.05) is 30.3 Å². The number of hydrogen-bond acceptors (Lipinski definition) is 5. The fourth-order valence-electron chi connectivity index (χ4n) is 3.80. The van der Waals surface area contributed by atoms with Crippen molar-refractivity contribution in [2.75, 3.05) is 22.5 Å². The summed E-state index contributed by atoms with van der Waals surface area (Å²) in [5.41, 5.74) is 3.27. The smallest absolute Gasteiger partial charge is 0.323 e. The Balaban J connectivity index is 1.64. The summed E-state index contributed by atoms with van der Waals surface area (Å²) in [6.07, 6.45) is -0.188. The number of Topliss-reactive ketones (excluding diaryl/α,β-unsaturated/α-hetero) is 1. The summed E-state index contributed by atoms with van der Waals surface area (Å²) in [7, 11) is 0. The lowest BCUT2D eigenvalue weighted by Crippen LogP contribution is -2.40. The Labute approximate surface area is 221 Å². The molecule has 0 aliphatic carbocycles. The lowest BCUT2D eigenvalue weighted by atomic mass is 9.90. The van der Waals surface area contributed by atoms with Gasteiger partial charge < -0.3 is 26.4 Å². The number of carboxylic acid groups (broad SMARTS) is 1. The highest BCUT2D eigenvalue weighted by molar-refractivity contribution is 6.07. The summed E-state index contributed by atoms with van der Waals surface area (Å²) in [4.78, 5) is 48.9. The van der Waals surface area contributed by atoms with Crippen LogP contribution in [-0.4, -0.2) is 40.9 Å². The maximum atomic E-state index is 13.3. The minimum absolute atomic E-state index is 0.00274. The fourth-order valence-corrected chi connectivity index (χ4v) is 3.80. The molecule has 9 nitrogen and oxygen atoms in total. The van der Waals surface area contributed by atoms with Crippen molar-refractivity contribution in [3.8, 4) is 0 Å². The van der Waals surface area contributed by atoms with Crippen LogP contribution >= 0.6 is 0 Å². The minimum atomic E-state index is -1.01. The van der Waals surface area contributed by atoms with E-state index in [1.54, 1.807) is 57.2 Å². The lowest BCUT2D eigenvalue weighted by Gasteiger charge is -2.26. The molecule has 0 saturated heterocycles. The number of carbonyl (C=O) groups is 4. The average Bonchev–Trinajstić information content (AvgIpc) is 2.86. The number of rotatable bonds is 10. The molecule has 0 bridgehead atoms. The number of para-hydroxylation sites is 1. The fraction of sp³-hybridized carbons (Fsp3) is 0.241. The van der Waals surface area contributed by atoms with E-state index in [2.05, 4.69) is 21.3 Å². The molecular formula is C29H32N4O5. The van der Waals surface area contributed by atoms with Gasteiger partial charge in [0, 0.05) is 34.7 Å². The van der Waals surface area contributed by atoms with Gasteiger partial charge in [-0.3, -0.25) is 14.4 Å². The molecule has 38 heavy (non-hydrogen) atoms. The molecule has 0 radical (unpaired) electrons. The summed E-state index contributed by atoms with van der Waals surface area (Å²) in [6, 6.07) is 19.0. The summed E-state index contributed by atoms with van der Waals surface area (Å²) in [5, 5.41) is 20.1. The molecule has 3 aromatic rings. The van der Waals surface area contributed by atoms with E-state index in [4.69, 9.17) is 5.11 Å². The molecule has 0 aliphatic rings. The molecule has 0 atom stereocenters. The van der Waals surface area contributed by atoms with Crippen molar-refractivity contribution in [2.45, 2.75) is 39.7 Å². The van der Waals surface area contributed by atoms with Crippen LogP contribution in [0.4, 0.5) is 21.9 Å². The summed E-state index contributed by atoms with van der Waals surface area (Å²) in [5.74, 6) is -1.66. The molecule has 0 heterocycles. The van der Waals surface area contributed by atoms with Crippen LogP contribution < -0.4 is 21.3 Å². The molecule has 3 amide bonds. The van der Waals surface area contributed by atoms with Crippen LogP contribution in [0.25, 0.3) is 0 Å². The van der Waals surface area contributed by atoms with Crippen LogP contribution in [0.1, 0.15) is 52.1 Å². The maximum Gasteiger partial charge on any atom is 0.323 e. The van der Waals surface area contributed by atoms with Crippen LogP contribution in [0.2, 0.25) is 0 Å². The Bertz CT molecular complexity index is 1350. The number of amides is 3. The van der Waals surface area contributed by atoms with Crippen molar-refractivity contribution in [2.24, 2.45) is 0 Å². The summed E-state index contributed by atoms with van der Waals surface area (Å²) < 4.78 is 0. The van der Waals surface area contributed by atoms with Gasteiger partial charge in [0.25, 0.3) is 5.91 Å². The van der Waals surface area contributed by atoms with E-state index in [1.807, 2.05) is 31.2 Å². The van der Waals surface area contributed by atoms with Gasteiger partial charge in [-0.15, -0.1) is 0 Å². The first-order valence-corrected chi connectivity index (χ1v) is 12.1. The predicted octanol–water partition coefficient (Wildman–Crippen LogP) is 5.23. The standard InChI is InChI=1S/C29H32N4O5/c1-18-9-10-20(17-23(18)27(37)30-16-15-25(34)35)26(36)29(3,4)33-22-13-11-21(12-14-22)31-28(38)32-24-8-6-5-7-19(24)2/h5-14,17,33H,15-16H2,1-4H3,(H,30,37)(H,34,35)(H2,31,32,38). The van der Waals surface area contributed by atoms with Crippen LogP contribution in [0, 0.1) is 13.8 Å². The number of urea groups is 1. The third-order valence-corrected chi connectivity index (χ3v) is 5.93. The predicted molar refractivity (Wildman–Crippen MR) is 148 cm³/mol. The molecule has 0 aromatic heterocycles. The van der Waals surface area contributed by atoms with Gasteiger partial charge in [-0.25, -0.2) is 4.79 Å². The number of anilines is 3. The molecule has 0 spiro atoms. The zero-order chi connectivity index (χ0) is 27.9.